The Hall–Kier alpha value is -2.07. The second-order valence-electron chi connectivity index (χ2n) is 7.61. The average molecular weight is 353 g/mol. The number of carbonyl (C=O) groups is 1. The second-order valence-corrected chi connectivity index (χ2v) is 7.61. The van der Waals surface area contributed by atoms with Crippen LogP contribution in [0.3, 0.4) is 0 Å². The zero-order chi connectivity index (χ0) is 17.9. The van der Waals surface area contributed by atoms with E-state index >= 15 is 0 Å². The molecule has 0 radical (unpaired) electrons. The first-order chi connectivity index (χ1) is 12.7. The minimum Gasteiger partial charge on any atom is -0.478 e. The maximum Gasteiger partial charge on any atom is 0.345 e. The first-order valence-corrected chi connectivity index (χ1v) is 9.85. The number of carboxylic acids is 1. The summed E-state index contributed by atoms with van der Waals surface area (Å²) in [6.07, 6.45) is 5.98. The van der Waals surface area contributed by atoms with Gasteiger partial charge in [-0.15, -0.1) is 0 Å². The van der Waals surface area contributed by atoms with Gasteiger partial charge in [0.25, 0.3) is 0 Å². The van der Waals surface area contributed by atoms with Gasteiger partial charge < -0.3 is 9.84 Å². The smallest absolute Gasteiger partial charge is 0.345 e. The molecule has 3 atom stereocenters. The molecule has 2 aromatic rings. The van der Waals surface area contributed by atoms with E-state index in [9.17, 15) is 9.90 Å². The summed E-state index contributed by atoms with van der Waals surface area (Å²) in [6, 6.07) is 14.2. The van der Waals surface area contributed by atoms with Gasteiger partial charge >= 0.3 is 5.97 Å². The number of fused-ring (bicyclic) bond motifs is 1. The minimum atomic E-state index is -0.839. The number of rotatable bonds is 5. The number of ether oxygens (including phenoxy) is 1. The van der Waals surface area contributed by atoms with E-state index in [2.05, 4.69) is 4.90 Å². The Kier molecular flexibility index (Phi) is 5.11. The molecule has 0 bridgehead atoms. The molecule has 0 spiro atoms. The minimum absolute atomic E-state index is 0.0540. The van der Waals surface area contributed by atoms with Gasteiger partial charge in [-0.25, -0.2) is 4.79 Å². The molecule has 2 aliphatic rings. The van der Waals surface area contributed by atoms with E-state index in [-0.39, 0.29) is 5.92 Å². The van der Waals surface area contributed by atoms with E-state index in [0.717, 1.165) is 43.1 Å². The van der Waals surface area contributed by atoms with Crippen LogP contribution < -0.4 is 4.74 Å². The van der Waals surface area contributed by atoms with E-state index in [1.54, 1.807) is 0 Å². The molecule has 1 aliphatic carbocycles. The lowest BCUT2D eigenvalue weighted by atomic mass is 9.80. The second kappa shape index (κ2) is 7.67. The summed E-state index contributed by atoms with van der Waals surface area (Å²) >= 11 is 0. The van der Waals surface area contributed by atoms with Crippen molar-refractivity contribution in [1.82, 2.24) is 4.90 Å². The van der Waals surface area contributed by atoms with Crippen molar-refractivity contribution in [2.45, 2.75) is 50.7 Å². The Morgan fingerprint density at radius 1 is 1.00 bits per heavy atom. The van der Waals surface area contributed by atoms with Crippen LogP contribution in [-0.2, 0) is 4.79 Å². The molecule has 138 valence electrons. The molecule has 4 heteroatoms. The van der Waals surface area contributed by atoms with Crippen LogP contribution in [0, 0.1) is 5.92 Å². The average Bonchev–Trinajstić information content (AvgIpc) is 3.20. The molecule has 1 N–H and O–H groups in total. The lowest BCUT2D eigenvalue weighted by Crippen LogP contribution is -2.49. The van der Waals surface area contributed by atoms with Gasteiger partial charge in [-0.3, -0.25) is 4.90 Å². The summed E-state index contributed by atoms with van der Waals surface area (Å²) in [4.78, 5) is 14.7. The topological polar surface area (TPSA) is 49.8 Å². The molecule has 0 aromatic heterocycles. The van der Waals surface area contributed by atoms with E-state index in [4.69, 9.17) is 4.74 Å². The van der Waals surface area contributed by atoms with Gasteiger partial charge in [-0.05, 0) is 50.2 Å². The van der Waals surface area contributed by atoms with Gasteiger partial charge in [0, 0.05) is 17.3 Å². The summed E-state index contributed by atoms with van der Waals surface area (Å²) in [5.74, 6) is -0.103. The van der Waals surface area contributed by atoms with Crippen molar-refractivity contribution in [3.8, 4) is 5.75 Å². The highest BCUT2D eigenvalue weighted by Gasteiger charge is 2.41. The fourth-order valence-corrected chi connectivity index (χ4v) is 4.78. The highest BCUT2D eigenvalue weighted by atomic mass is 16.5. The summed E-state index contributed by atoms with van der Waals surface area (Å²) in [7, 11) is 0. The maximum absolute atomic E-state index is 12.2. The molecule has 4 nitrogen and oxygen atoms in total. The molecule has 1 unspecified atom stereocenters. The van der Waals surface area contributed by atoms with Crippen LogP contribution in [0.5, 0.6) is 5.75 Å². The number of likely N-dealkylation sites (tertiary alicyclic amines) is 1. The Balaban J connectivity index is 1.63. The van der Waals surface area contributed by atoms with Gasteiger partial charge in [0.05, 0.1) is 0 Å². The monoisotopic (exact) mass is 353 g/mol. The standard InChI is InChI=1S/C22H27NO3/c24-22(25)21(18-11-3-4-12-19(18)23-14-5-6-15-23)26-20-13-7-9-16-8-1-2-10-17(16)20/h1-2,7-10,13,18-19,21H,3-6,11-12,14-15H2,(H,24,25)/t18-,19-,21?/m1/s1. The largest absolute Gasteiger partial charge is 0.478 e. The van der Waals surface area contributed by atoms with Crippen LogP contribution in [0.1, 0.15) is 38.5 Å². The van der Waals surface area contributed by atoms with Crippen molar-refractivity contribution in [2.75, 3.05) is 13.1 Å². The molecule has 1 saturated heterocycles. The van der Waals surface area contributed by atoms with Crippen LogP contribution >= 0.6 is 0 Å². The lowest BCUT2D eigenvalue weighted by molar-refractivity contribution is -0.150. The van der Waals surface area contributed by atoms with Crippen LogP contribution in [0.4, 0.5) is 0 Å². The Labute approximate surface area is 154 Å². The van der Waals surface area contributed by atoms with Crippen LogP contribution in [0.2, 0.25) is 0 Å². The Morgan fingerprint density at radius 3 is 2.54 bits per heavy atom. The summed E-state index contributed by atoms with van der Waals surface area (Å²) in [5.41, 5.74) is 0. The number of benzene rings is 2. The molecule has 2 fully saturated rings. The summed E-state index contributed by atoms with van der Waals surface area (Å²) < 4.78 is 6.19. The lowest BCUT2D eigenvalue weighted by Gasteiger charge is -2.40. The van der Waals surface area contributed by atoms with Gasteiger partial charge in [-0.2, -0.15) is 0 Å². The fraction of sp³-hybridized carbons (Fsp3) is 0.500. The van der Waals surface area contributed by atoms with Gasteiger partial charge in [0.2, 0.25) is 0 Å². The third-order valence-corrected chi connectivity index (χ3v) is 6.03. The third kappa shape index (κ3) is 3.43. The van der Waals surface area contributed by atoms with Crippen molar-refractivity contribution >= 4 is 16.7 Å². The van der Waals surface area contributed by atoms with Gasteiger partial charge in [0.1, 0.15) is 5.75 Å². The fourth-order valence-electron chi connectivity index (χ4n) is 4.78. The Bertz CT molecular complexity index is 764. The highest BCUT2D eigenvalue weighted by molar-refractivity contribution is 5.88. The van der Waals surface area contributed by atoms with E-state index in [0.29, 0.717) is 11.8 Å². The number of aliphatic carboxylic acids is 1. The summed E-state index contributed by atoms with van der Waals surface area (Å²) in [6.45, 7) is 2.20. The highest BCUT2D eigenvalue weighted by Crippen LogP contribution is 2.36. The predicted octanol–water partition coefficient (Wildman–Crippen LogP) is 4.33. The molecule has 1 saturated carbocycles. The van der Waals surface area contributed by atoms with E-state index < -0.39 is 12.1 Å². The number of carboxylic acid groups (broad SMARTS) is 1. The summed E-state index contributed by atoms with van der Waals surface area (Å²) in [5, 5.41) is 12.0. The first-order valence-electron chi connectivity index (χ1n) is 9.85. The molecule has 0 amide bonds. The van der Waals surface area contributed by atoms with Crippen LogP contribution in [-0.4, -0.2) is 41.2 Å². The number of nitrogens with zero attached hydrogens (tertiary/aromatic N) is 1. The van der Waals surface area contributed by atoms with Gasteiger partial charge in [0.15, 0.2) is 6.10 Å². The molecular weight excluding hydrogens is 326 g/mol. The number of hydrogen-bond acceptors (Lipinski definition) is 3. The van der Waals surface area contributed by atoms with Gasteiger partial charge in [-0.1, -0.05) is 49.2 Å². The molecular formula is C22H27NO3. The van der Waals surface area contributed by atoms with Crippen molar-refractivity contribution in [3.05, 3.63) is 42.5 Å². The first kappa shape index (κ1) is 17.3. The zero-order valence-electron chi connectivity index (χ0n) is 15.1. The SMILES string of the molecule is O=C(O)C(Oc1cccc2ccccc12)[C@@H]1CCCC[C@H]1N1CCCC1. The normalized spacial score (nSPS) is 25.2. The Morgan fingerprint density at radius 2 is 1.73 bits per heavy atom. The van der Waals surface area contributed by atoms with Crippen molar-refractivity contribution in [1.29, 1.82) is 0 Å². The van der Waals surface area contributed by atoms with Crippen LogP contribution in [0.25, 0.3) is 10.8 Å². The van der Waals surface area contributed by atoms with Crippen molar-refractivity contribution < 1.29 is 14.6 Å². The zero-order valence-corrected chi connectivity index (χ0v) is 15.1. The van der Waals surface area contributed by atoms with Crippen LogP contribution in [0.15, 0.2) is 42.5 Å². The maximum atomic E-state index is 12.2. The number of hydrogen-bond donors (Lipinski definition) is 1. The molecule has 2 aromatic carbocycles. The quantitative estimate of drug-likeness (QED) is 0.869. The molecule has 1 heterocycles. The third-order valence-electron chi connectivity index (χ3n) is 6.03. The molecule has 4 rings (SSSR count). The van der Waals surface area contributed by atoms with E-state index in [1.165, 1.54) is 19.3 Å². The van der Waals surface area contributed by atoms with Crippen molar-refractivity contribution in [3.63, 3.8) is 0 Å². The predicted molar refractivity (Wildman–Crippen MR) is 103 cm³/mol. The van der Waals surface area contributed by atoms with E-state index in [1.807, 2.05) is 42.5 Å². The molecule has 1 aliphatic heterocycles. The molecule has 26 heavy (non-hydrogen) atoms. The van der Waals surface area contributed by atoms with Crippen molar-refractivity contribution in [2.24, 2.45) is 5.92 Å².